The van der Waals surface area contributed by atoms with Crippen LogP contribution in [0, 0.1) is 0 Å². The number of rotatable bonds is 4. The molecule has 0 saturated carbocycles. The molecule has 2 aromatic heterocycles. The number of nitrogens with zero attached hydrogens (tertiary/aromatic N) is 5. The van der Waals surface area contributed by atoms with E-state index in [1.165, 1.54) is 21.9 Å². The molecule has 0 radical (unpaired) electrons. The van der Waals surface area contributed by atoms with E-state index in [2.05, 4.69) is 15.4 Å². The van der Waals surface area contributed by atoms with E-state index in [1.54, 1.807) is 24.8 Å². The summed E-state index contributed by atoms with van der Waals surface area (Å²) < 4.78 is 3.12. The Morgan fingerprint density at radius 3 is 2.67 bits per heavy atom. The Bertz CT molecular complexity index is 1150. The molecule has 1 aliphatic heterocycles. The second-order valence-corrected chi connectivity index (χ2v) is 7.28. The van der Waals surface area contributed by atoms with Crippen LogP contribution < -0.4 is 15.8 Å². The summed E-state index contributed by atoms with van der Waals surface area (Å²) in [5.74, 6) is -0.742. The number of benzene rings is 1. The Kier molecular flexibility index (Phi) is 5.18. The van der Waals surface area contributed by atoms with E-state index in [1.807, 2.05) is 30.3 Å². The number of pyridine rings is 1. The van der Waals surface area contributed by atoms with Crippen LogP contribution in [0.4, 0.5) is 5.69 Å². The highest BCUT2D eigenvalue weighted by Gasteiger charge is 2.31. The number of carbonyl (C=O) groups is 2. The summed E-state index contributed by atoms with van der Waals surface area (Å²) in [6.07, 6.45) is 2.36. The molecule has 30 heavy (non-hydrogen) atoms. The van der Waals surface area contributed by atoms with E-state index in [9.17, 15) is 14.4 Å². The second kappa shape index (κ2) is 7.94. The van der Waals surface area contributed by atoms with Crippen molar-refractivity contribution < 1.29 is 9.59 Å². The minimum Gasteiger partial charge on any atom is -0.337 e. The fourth-order valence-corrected chi connectivity index (χ4v) is 3.62. The van der Waals surface area contributed by atoms with Crippen LogP contribution >= 0.6 is 0 Å². The van der Waals surface area contributed by atoms with Crippen molar-refractivity contribution in [2.45, 2.75) is 25.4 Å². The molecule has 0 spiro atoms. The van der Waals surface area contributed by atoms with E-state index >= 15 is 0 Å². The number of aromatic nitrogens is 4. The predicted octanol–water partition coefficient (Wildman–Crippen LogP) is 0.733. The SMILES string of the molecule is CN1C(=O)C(NC(=O)c2ncn(Cc3ccccc3)n2)CCc2c1ccc(=O)n2C. The first-order valence-electron chi connectivity index (χ1n) is 9.65. The van der Waals surface area contributed by atoms with Crippen molar-refractivity contribution >= 4 is 17.5 Å². The van der Waals surface area contributed by atoms with Gasteiger partial charge in [0.25, 0.3) is 11.5 Å². The van der Waals surface area contributed by atoms with E-state index in [0.717, 1.165) is 11.3 Å². The van der Waals surface area contributed by atoms with Crippen LogP contribution in [-0.2, 0) is 24.8 Å². The maximum absolute atomic E-state index is 12.9. The first-order chi connectivity index (χ1) is 14.4. The van der Waals surface area contributed by atoms with Crippen LogP contribution in [0.25, 0.3) is 0 Å². The van der Waals surface area contributed by atoms with Crippen LogP contribution in [0.1, 0.15) is 28.3 Å². The molecule has 0 bridgehead atoms. The lowest BCUT2D eigenvalue weighted by Gasteiger charge is -2.22. The number of anilines is 1. The fraction of sp³-hybridized carbons (Fsp3) is 0.286. The van der Waals surface area contributed by atoms with Gasteiger partial charge >= 0.3 is 0 Å². The first-order valence-corrected chi connectivity index (χ1v) is 9.65. The largest absolute Gasteiger partial charge is 0.337 e. The molecule has 0 fully saturated rings. The van der Waals surface area contributed by atoms with Gasteiger partial charge in [0.2, 0.25) is 11.7 Å². The van der Waals surface area contributed by atoms with Crippen LogP contribution in [-0.4, -0.2) is 44.2 Å². The van der Waals surface area contributed by atoms with Gasteiger partial charge < -0.3 is 14.8 Å². The Hall–Kier alpha value is -3.75. The molecule has 3 aromatic rings. The van der Waals surface area contributed by atoms with Gasteiger partial charge in [0.1, 0.15) is 12.4 Å². The lowest BCUT2D eigenvalue weighted by Crippen LogP contribution is -2.47. The van der Waals surface area contributed by atoms with E-state index < -0.39 is 11.9 Å². The van der Waals surface area contributed by atoms with Gasteiger partial charge in [-0.3, -0.25) is 14.4 Å². The lowest BCUT2D eigenvalue weighted by molar-refractivity contribution is -0.120. The van der Waals surface area contributed by atoms with Gasteiger partial charge in [-0.25, -0.2) is 9.67 Å². The molecule has 9 nitrogen and oxygen atoms in total. The Morgan fingerprint density at radius 1 is 1.13 bits per heavy atom. The molecule has 1 atom stereocenters. The maximum atomic E-state index is 12.9. The maximum Gasteiger partial charge on any atom is 0.291 e. The Labute approximate surface area is 173 Å². The summed E-state index contributed by atoms with van der Waals surface area (Å²) in [4.78, 5) is 43.1. The van der Waals surface area contributed by atoms with Gasteiger partial charge in [0, 0.05) is 25.9 Å². The highest BCUT2D eigenvalue weighted by molar-refractivity contribution is 6.01. The highest BCUT2D eigenvalue weighted by atomic mass is 16.2. The Balaban J connectivity index is 1.48. The number of fused-ring (bicyclic) bond motifs is 1. The van der Waals surface area contributed by atoms with Crippen molar-refractivity contribution in [3.63, 3.8) is 0 Å². The van der Waals surface area contributed by atoms with Crippen molar-refractivity contribution in [3.05, 3.63) is 76.2 Å². The number of carbonyl (C=O) groups excluding carboxylic acids is 2. The average molecular weight is 406 g/mol. The molecule has 0 saturated heterocycles. The van der Waals surface area contributed by atoms with E-state index in [-0.39, 0.29) is 17.3 Å². The average Bonchev–Trinajstić information content (AvgIpc) is 3.17. The molecule has 154 valence electrons. The third-order valence-electron chi connectivity index (χ3n) is 5.31. The molecule has 4 rings (SSSR count). The minimum absolute atomic E-state index is 0.00976. The normalized spacial score (nSPS) is 16.1. The van der Waals surface area contributed by atoms with Crippen LogP contribution in [0.5, 0.6) is 0 Å². The summed E-state index contributed by atoms with van der Waals surface area (Å²) >= 11 is 0. The molecular formula is C21H22N6O3. The van der Waals surface area contributed by atoms with E-state index in [0.29, 0.717) is 25.1 Å². The standard InChI is InChI=1S/C21H22N6O3/c1-25-16-9-8-15(21(30)26(2)17(16)10-11-18(25)28)23-20(29)19-22-13-27(24-19)12-14-6-4-3-5-7-14/h3-7,10-11,13,15H,8-9,12H2,1-2H3,(H,23,29). The molecular weight excluding hydrogens is 384 g/mol. The minimum atomic E-state index is -0.730. The van der Waals surface area contributed by atoms with Crippen LogP contribution in [0.15, 0.2) is 53.6 Å². The van der Waals surface area contributed by atoms with Crippen molar-refractivity contribution in [2.75, 3.05) is 11.9 Å². The molecule has 1 unspecified atom stereocenters. The molecule has 1 N–H and O–H groups in total. The van der Waals surface area contributed by atoms with E-state index in [4.69, 9.17) is 0 Å². The summed E-state index contributed by atoms with van der Waals surface area (Å²) in [6.45, 7) is 0.496. The molecule has 0 aliphatic carbocycles. The Morgan fingerprint density at radius 2 is 1.90 bits per heavy atom. The zero-order chi connectivity index (χ0) is 21.3. The summed E-state index contributed by atoms with van der Waals surface area (Å²) in [6, 6.07) is 12.1. The number of nitrogens with one attached hydrogen (secondary N) is 1. The van der Waals surface area contributed by atoms with Gasteiger partial charge in [-0.1, -0.05) is 30.3 Å². The van der Waals surface area contributed by atoms with Crippen molar-refractivity contribution in [2.24, 2.45) is 7.05 Å². The number of amides is 2. The summed E-state index contributed by atoms with van der Waals surface area (Å²) in [5, 5.41) is 6.97. The zero-order valence-corrected chi connectivity index (χ0v) is 16.8. The van der Waals surface area contributed by atoms with Gasteiger partial charge in [0.05, 0.1) is 12.2 Å². The molecule has 2 amide bonds. The lowest BCUT2D eigenvalue weighted by atomic mass is 10.1. The smallest absolute Gasteiger partial charge is 0.291 e. The van der Waals surface area contributed by atoms with Gasteiger partial charge in [-0.15, -0.1) is 5.10 Å². The summed E-state index contributed by atoms with van der Waals surface area (Å²) in [7, 11) is 3.32. The number of likely N-dealkylation sites (N-methyl/N-ethyl adjacent to an activating group) is 1. The first kappa shape index (κ1) is 19.6. The fourth-order valence-electron chi connectivity index (χ4n) is 3.62. The predicted molar refractivity (Wildman–Crippen MR) is 110 cm³/mol. The molecule has 9 heteroatoms. The monoisotopic (exact) mass is 406 g/mol. The third-order valence-corrected chi connectivity index (χ3v) is 5.31. The molecule has 1 aliphatic rings. The highest BCUT2D eigenvalue weighted by Crippen LogP contribution is 2.24. The third kappa shape index (κ3) is 3.73. The summed E-state index contributed by atoms with van der Waals surface area (Å²) in [5.41, 5.74) is 2.34. The van der Waals surface area contributed by atoms with Gasteiger partial charge in [-0.05, 0) is 24.5 Å². The van der Waals surface area contributed by atoms with Crippen LogP contribution in [0.2, 0.25) is 0 Å². The van der Waals surface area contributed by atoms with Gasteiger partial charge in [-0.2, -0.15) is 0 Å². The number of hydrogen-bond donors (Lipinski definition) is 1. The van der Waals surface area contributed by atoms with Crippen LogP contribution in [0.3, 0.4) is 0 Å². The molecule has 1 aromatic carbocycles. The topological polar surface area (TPSA) is 102 Å². The van der Waals surface area contributed by atoms with Crippen molar-refractivity contribution in [1.82, 2.24) is 24.6 Å². The zero-order valence-electron chi connectivity index (χ0n) is 16.8. The van der Waals surface area contributed by atoms with Gasteiger partial charge in [0.15, 0.2) is 0 Å². The van der Waals surface area contributed by atoms with Crippen molar-refractivity contribution in [1.29, 1.82) is 0 Å². The second-order valence-electron chi connectivity index (χ2n) is 7.28. The number of hydrogen-bond acceptors (Lipinski definition) is 5. The molecule has 3 heterocycles. The van der Waals surface area contributed by atoms with Crippen molar-refractivity contribution in [3.8, 4) is 0 Å². The quantitative estimate of drug-likeness (QED) is 0.688.